The second-order valence-electron chi connectivity index (χ2n) is 5.82. The lowest BCUT2D eigenvalue weighted by Gasteiger charge is -2.02. The zero-order valence-electron chi connectivity index (χ0n) is 13.7. The van der Waals surface area contributed by atoms with E-state index < -0.39 is 0 Å². The number of hydrogen-bond acceptors (Lipinski definition) is 4. The van der Waals surface area contributed by atoms with Crippen molar-refractivity contribution in [3.8, 4) is 0 Å². The molecule has 4 aromatic rings. The van der Waals surface area contributed by atoms with E-state index in [1.54, 1.807) is 0 Å². The summed E-state index contributed by atoms with van der Waals surface area (Å²) < 4.78 is 3.99. The number of carbonyl (C=O) groups excluding carboxylic acids is 1. The molecule has 6 nitrogen and oxygen atoms in total. The van der Waals surface area contributed by atoms with Crippen LogP contribution >= 0.6 is 11.8 Å². The third-order valence-electron chi connectivity index (χ3n) is 4.41. The summed E-state index contributed by atoms with van der Waals surface area (Å²) in [4.78, 5) is 17.1. The Labute approximate surface area is 142 Å². The maximum absolute atomic E-state index is 12.6. The van der Waals surface area contributed by atoms with Crippen LogP contribution in [0.3, 0.4) is 0 Å². The van der Waals surface area contributed by atoms with Crippen molar-refractivity contribution in [3.63, 3.8) is 0 Å². The van der Waals surface area contributed by atoms with Crippen molar-refractivity contribution in [2.24, 2.45) is 7.05 Å². The van der Waals surface area contributed by atoms with Crippen molar-refractivity contribution < 1.29 is 4.79 Å². The summed E-state index contributed by atoms with van der Waals surface area (Å²) in [6.45, 7) is 3.98. The van der Waals surface area contributed by atoms with E-state index in [1.165, 1.54) is 11.8 Å². The first kappa shape index (κ1) is 15.0. The second-order valence-corrected chi connectivity index (χ2v) is 6.76. The third kappa shape index (κ3) is 2.24. The van der Waals surface area contributed by atoms with Gasteiger partial charge in [0, 0.05) is 24.0 Å². The highest BCUT2D eigenvalue weighted by molar-refractivity contribution is 7.99. The molecule has 0 unspecified atom stereocenters. The van der Waals surface area contributed by atoms with Gasteiger partial charge >= 0.3 is 0 Å². The highest BCUT2D eigenvalue weighted by Gasteiger charge is 2.17. The number of imidazole rings is 1. The molecule has 0 saturated carbocycles. The second kappa shape index (κ2) is 5.52. The molecular weight excluding hydrogens is 322 g/mol. The number of nitrogens with one attached hydrogen (secondary N) is 1. The summed E-state index contributed by atoms with van der Waals surface area (Å²) >= 11 is 1.42. The number of aromatic nitrogens is 5. The first-order chi connectivity index (χ1) is 11.6. The molecule has 4 rings (SSSR count). The van der Waals surface area contributed by atoms with E-state index in [1.807, 2.05) is 60.2 Å². The average molecular weight is 339 g/mol. The first-order valence-corrected chi connectivity index (χ1v) is 8.65. The molecule has 122 valence electrons. The first-order valence-electron chi connectivity index (χ1n) is 7.66. The van der Waals surface area contributed by atoms with Gasteiger partial charge < -0.3 is 4.57 Å². The molecule has 0 fully saturated rings. The lowest BCUT2D eigenvalue weighted by atomic mass is 10.2. The Morgan fingerprint density at radius 3 is 2.83 bits per heavy atom. The molecule has 3 heterocycles. The lowest BCUT2D eigenvalue weighted by molar-refractivity contribution is 0.102. The van der Waals surface area contributed by atoms with Crippen LogP contribution in [0.15, 0.2) is 35.5 Å². The summed E-state index contributed by atoms with van der Waals surface area (Å²) in [5, 5.41) is 7.98. The molecule has 0 saturated heterocycles. The number of ketones is 1. The zero-order valence-corrected chi connectivity index (χ0v) is 14.5. The molecular formula is C17H17N5OS. The Balaban J connectivity index is 1.63. The predicted octanol–water partition coefficient (Wildman–Crippen LogP) is 3.14. The van der Waals surface area contributed by atoms with Gasteiger partial charge in [-0.3, -0.25) is 9.20 Å². The number of para-hydroxylation sites is 2. The highest BCUT2D eigenvalue weighted by atomic mass is 32.2. The van der Waals surface area contributed by atoms with Crippen LogP contribution in [0, 0.1) is 13.8 Å². The van der Waals surface area contributed by atoms with Crippen molar-refractivity contribution in [3.05, 3.63) is 47.3 Å². The molecule has 0 aliphatic rings. The standard InChI is InChI=1S/C17H17N5OS/c1-10-8-12(11(2)21(10)3)15(23)9-24-17-20-19-16-18-13-6-4-5-7-14(13)22(16)17/h4-8H,9H2,1-3H3,(H,18,19). The third-order valence-corrected chi connectivity index (χ3v) is 5.35. The van der Waals surface area contributed by atoms with Gasteiger partial charge in [0.05, 0.1) is 16.8 Å². The summed E-state index contributed by atoms with van der Waals surface area (Å²) in [5.41, 5.74) is 4.77. The summed E-state index contributed by atoms with van der Waals surface area (Å²) in [7, 11) is 1.98. The van der Waals surface area contributed by atoms with E-state index >= 15 is 0 Å². The van der Waals surface area contributed by atoms with E-state index in [4.69, 9.17) is 0 Å². The Kier molecular flexibility index (Phi) is 3.45. The molecule has 7 heteroatoms. The summed E-state index contributed by atoms with van der Waals surface area (Å²) in [6, 6.07) is 9.84. The average Bonchev–Trinajstić information content (AvgIpc) is 3.21. The number of carbonyl (C=O) groups is 1. The number of thioether (sulfide) groups is 1. The molecule has 0 aliphatic carbocycles. The van der Waals surface area contributed by atoms with E-state index in [0.717, 1.165) is 33.1 Å². The van der Waals surface area contributed by atoms with E-state index in [0.29, 0.717) is 11.5 Å². The minimum Gasteiger partial charge on any atom is -0.351 e. The highest BCUT2D eigenvalue weighted by Crippen LogP contribution is 2.24. The molecule has 0 bridgehead atoms. The minimum atomic E-state index is 0.113. The molecule has 1 aromatic carbocycles. The smallest absolute Gasteiger partial charge is 0.231 e. The fourth-order valence-corrected chi connectivity index (χ4v) is 3.72. The molecule has 0 radical (unpaired) electrons. The number of H-pyrrole nitrogens is 1. The van der Waals surface area contributed by atoms with Crippen LogP contribution in [0.25, 0.3) is 16.8 Å². The number of nitrogens with zero attached hydrogens (tertiary/aromatic N) is 4. The van der Waals surface area contributed by atoms with Crippen LogP contribution in [0.5, 0.6) is 0 Å². The Hall–Kier alpha value is -2.54. The Morgan fingerprint density at radius 2 is 2.08 bits per heavy atom. The SMILES string of the molecule is Cc1cc(C(=O)CSc2n[nH]c3nc4ccccc4n23)c(C)n1C. The van der Waals surface area contributed by atoms with Gasteiger partial charge in [-0.1, -0.05) is 23.9 Å². The number of aryl methyl sites for hydroxylation is 1. The maximum atomic E-state index is 12.6. The number of benzene rings is 1. The van der Waals surface area contributed by atoms with Crippen LogP contribution in [0.4, 0.5) is 0 Å². The van der Waals surface area contributed by atoms with Crippen LogP contribution in [0.1, 0.15) is 21.7 Å². The number of hydrogen-bond donors (Lipinski definition) is 1. The van der Waals surface area contributed by atoms with Gasteiger partial charge in [-0.2, -0.15) is 0 Å². The summed E-state index contributed by atoms with van der Waals surface area (Å²) in [6.07, 6.45) is 0. The number of aromatic amines is 1. The van der Waals surface area contributed by atoms with Gasteiger partial charge in [0.15, 0.2) is 10.9 Å². The maximum Gasteiger partial charge on any atom is 0.231 e. The number of fused-ring (bicyclic) bond motifs is 3. The van der Waals surface area contributed by atoms with Gasteiger partial charge in [0.2, 0.25) is 5.78 Å². The monoisotopic (exact) mass is 339 g/mol. The topological polar surface area (TPSA) is 68.0 Å². The largest absolute Gasteiger partial charge is 0.351 e. The molecule has 3 aromatic heterocycles. The lowest BCUT2D eigenvalue weighted by Crippen LogP contribution is -2.05. The molecule has 0 amide bonds. The van der Waals surface area contributed by atoms with Gasteiger partial charge in [-0.15, -0.1) is 5.10 Å². The number of rotatable bonds is 4. The summed E-state index contributed by atoms with van der Waals surface area (Å²) in [5.74, 6) is 1.15. The molecule has 0 atom stereocenters. The van der Waals surface area contributed by atoms with Crippen molar-refractivity contribution in [1.29, 1.82) is 0 Å². The van der Waals surface area contributed by atoms with Gasteiger partial charge in [-0.05, 0) is 32.0 Å². The van der Waals surface area contributed by atoms with Gasteiger partial charge in [-0.25, -0.2) is 10.1 Å². The van der Waals surface area contributed by atoms with Crippen molar-refractivity contribution in [2.45, 2.75) is 19.0 Å². The van der Waals surface area contributed by atoms with Crippen molar-refractivity contribution >= 4 is 34.4 Å². The number of Topliss-reactive ketones (excluding diaryl/α,β-unsaturated/α-hetero) is 1. The predicted molar refractivity (Wildman–Crippen MR) is 94.8 cm³/mol. The van der Waals surface area contributed by atoms with Crippen molar-refractivity contribution in [2.75, 3.05) is 5.75 Å². The normalized spacial score (nSPS) is 11.6. The van der Waals surface area contributed by atoms with Gasteiger partial charge in [0.25, 0.3) is 0 Å². The van der Waals surface area contributed by atoms with Gasteiger partial charge in [0.1, 0.15) is 0 Å². The zero-order chi connectivity index (χ0) is 16.8. The van der Waals surface area contributed by atoms with Crippen LogP contribution in [-0.2, 0) is 7.05 Å². The molecule has 0 aliphatic heterocycles. The van der Waals surface area contributed by atoms with Crippen molar-refractivity contribution in [1.82, 2.24) is 24.1 Å². The Morgan fingerprint density at radius 1 is 1.29 bits per heavy atom. The fraction of sp³-hybridized carbons (Fsp3) is 0.235. The van der Waals surface area contributed by atoms with E-state index in [2.05, 4.69) is 15.2 Å². The fourth-order valence-electron chi connectivity index (χ4n) is 2.88. The van der Waals surface area contributed by atoms with Crippen LogP contribution in [0.2, 0.25) is 0 Å². The molecule has 0 spiro atoms. The molecule has 1 N–H and O–H groups in total. The molecule has 24 heavy (non-hydrogen) atoms. The Bertz CT molecular complexity index is 1070. The van der Waals surface area contributed by atoms with Crippen LogP contribution < -0.4 is 0 Å². The quantitative estimate of drug-likeness (QED) is 0.458. The van der Waals surface area contributed by atoms with Crippen LogP contribution in [-0.4, -0.2) is 35.7 Å². The van der Waals surface area contributed by atoms with E-state index in [9.17, 15) is 4.79 Å². The van der Waals surface area contributed by atoms with E-state index in [-0.39, 0.29) is 5.78 Å². The minimum absolute atomic E-state index is 0.113.